The van der Waals surface area contributed by atoms with Crippen molar-refractivity contribution in [2.45, 2.75) is 39.8 Å². The molecule has 0 aliphatic carbocycles. The van der Waals surface area contributed by atoms with Gasteiger partial charge in [-0.25, -0.2) is 9.97 Å². The van der Waals surface area contributed by atoms with E-state index in [0.29, 0.717) is 17.7 Å². The van der Waals surface area contributed by atoms with Gasteiger partial charge in [-0.1, -0.05) is 20.8 Å². The van der Waals surface area contributed by atoms with E-state index in [1.807, 2.05) is 25.1 Å². The number of ether oxygens (including phenoxy) is 1. The molecule has 3 heterocycles. The minimum absolute atomic E-state index is 0.0363. The van der Waals surface area contributed by atoms with Gasteiger partial charge in [0.2, 0.25) is 0 Å². The summed E-state index contributed by atoms with van der Waals surface area (Å²) in [6.45, 7) is 10.4. The zero-order valence-corrected chi connectivity index (χ0v) is 18.8. The highest BCUT2D eigenvalue weighted by Crippen LogP contribution is 2.24. The predicted octanol–water partition coefficient (Wildman–Crippen LogP) is 2.99. The SMILES string of the molecule is CCC(COC)NC(=O)c1cnc2c(c1)nc(-c1cccnc1)n2CCN(CC)CC. The number of nitrogens with one attached hydrogen (secondary N) is 1. The van der Waals surface area contributed by atoms with Crippen molar-refractivity contribution < 1.29 is 9.53 Å². The van der Waals surface area contributed by atoms with Crippen LogP contribution in [0.5, 0.6) is 0 Å². The van der Waals surface area contributed by atoms with Gasteiger partial charge < -0.3 is 19.5 Å². The Hall–Kier alpha value is -2.84. The number of likely N-dealkylation sites (N-methyl/N-ethyl adjacent to an activating group) is 1. The number of pyridine rings is 2. The number of imidazole rings is 1. The first kappa shape index (κ1) is 22.8. The average molecular weight is 425 g/mol. The topological polar surface area (TPSA) is 85.2 Å². The first-order valence-corrected chi connectivity index (χ1v) is 10.9. The van der Waals surface area contributed by atoms with E-state index in [0.717, 1.165) is 49.6 Å². The average Bonchev–Trinajstić information content (AvgIpc) is 3.17. The fourth-order valence-electron chi connectivity index (χ4n) is 3.58. The van der Waals surface area contributed by atoms with Crippen molar-refractivity contribution in [2.75, 3.05) is 33.4 Å². The summed E-state index contributed by atoms with van der Waals surface area (Å²) in [5.74, 6) is 0.644. The number of rotatable bonds is 11. The molecule has 1 amide bonds. The van der Waals surface area contributed by atoms with Crippen LogP contribution in [-0.4, -0.2) is 69.7 Å². The van der Waals surface area contributed by atoms with Gasteiger partial charge in [-0.05, 0) is 37.7 Å². The molecule has 1 N–H and O–H groups in total. The molecule has 3 aromatic rings. The van der Waals surface area contributed by atoms with Crippen molar-refractivity contribution in [1.82, 2.24) is 29.7 Å². The lowest BCUT2D eigenvalue weighted by Crippen LogP contribution is -2.37. The van der Waals surface area contributed by atoms with Crippen molar-refractivity contribution in [3.05, 3.63) is 42.4 Å². The Morgan fingerprint density at radius 1 is 1.26 bits per heavy atom. The van der Waals surface area contributed by atoms with Crippen LogP contribution < -0.4 is 5.32 Å². The predicted molar refractivity (Wildman–Crippen MR) is 122 cm³/mol. The largest absolute Gasteiger partial charge is 0.383 e. The summed E-state index contributed by atoms with van der Waals surface area (Å²) in [7, 11) is 1.63. The molecule has 0 spiro atoms. The normalized spacial score (nSPS) is 12.4. The molecule has 0 bridgehead atoms. The van der Waals surface area contributed by atoms with Crippen LogP contribution in [0.3, 0.4) is 0 Å². The van der Waals surface area contributed by atoms with E-state index < -0.39 is 0 Å². The first-order chi connectivity index (χ1) is 15.1. The number of hydrogen-bond acceptors (Lipinski definition) is 6. The van der Waals surface area contributed by atoms with Gasteiger partial charge in [0.05, 0.1) is 18.2 Å². The fraction of sp³-hybridized carbons (Fsp3) is 0.478. The van der Waals surface area contributed by atoms with Gasteiger partial charge in [0, 0.05) is 44.4 Å². The van der Waals surface area contributed by atoms with E-state index in [2.05, 4.69) is 38.6 Å². The second kappa shape index (κ2) is 11.0. The number of carbonyl (C=O) groups excluding carboxylic acids is 1. The monoisotopic (exact) mass is 424 g/mol. The van der Waals surface area contributed by atoms with E-state index >= 15 is 0 Å². The minimum Gasteiger partial charge on any atom is -0.383 e. The van der Waals surface area contributed by atoms with Crippen LogP contribution in [0.2, 0.25) is 0 Å². The van der Waals surface area contributed by atoms with Crippen molar-refractivity contribution in [3.63, 3.8) is 0 Å². The van der Waals surface area contributed by atoms with Crippen molar-refractivity contribution in [2.24, 2.45) is 0 Å². The van der Waals surface area contributed by atoms with E-state index in [1.54, 1.807) is 25.7 Å². The van der Waals surface area contributed by atoms with Gasteiger partial charge in [-0.3, -0.25) is 9.78 Å². The molecule has 1 unspecified atom stereocenters. The van der Waals surface area contributed by atoms with Crippen molar-refractivity contribution >= 4 is 17.1 Å². The standard InChI is InChI=1S/C23H32N6O2/c1-5-19(16-31-4)26-23(30)18-13-20-22(25-15-18)29(12-11-28(6-2)7-3)21(27-20)17-9-8-10-24-14-17/h8-10,13-15,19H,5-7,11-12,16H2,1-4H3,(H,26,30). The van der Waals surface area contributed by atoms with E-state index in [9.17, 15) is 4.79 Å². The lowest BCUT2D eigenvalue weighted by Gasteiger charge is -2.19. The molecule has 0 aromatic carbocycles. The summed E-state index contributed by atoms with van der Waals surface area (Å²) in [4.78, 5) is 28.8. The highest BCUT2D eigenvalue weighted by Gasteiger charge is 2.18. The van der Waals surface area contributed by atoms with Gasteiger partial charge in [-0.2, -0.15) is 0 Å². The van der Waals surface area contributed by atoms with Crippen LogP contribution in [-0.2, 0) is 11.3 Å². The number of methoxy groups -OCH3 is 1. The summed E-state index contributed by atoms with van der Waals surface area (Å²) in [6.07, 6.45) is 5.97. The molecule has 31 heavy (non-hydrogen) atoms. The molecule has 0 aliphatic rings. The molecular formula is C23H32N6O2. The fourth-order valence-corrected chi connectivity index (χ4v) is 3.58. The Bertz CT molecular complexity index is 984. The molecule has 0 fully saturated rings. The zero-order valence-electron chi connectivity index (χ0n) is 18.8. The highest BCUT2D eigenvalue weighted by atomic mass is 16.5. The molecule has 0 saturated heterocycles. The molecule has 0 radical (unpaired) electrons. The second-order valence-electron chi connectivity index (χ2n) is 7.46. The molecule has 0 saturated carbocycles. The summed E-state index contributed by atoms with van der Waals surface area (Å²) >= 11 is 0. The Balaban J connectivity index is 1.96. The maximum atomic E-state index is 12.7. The molecule has 166 valence electrons. The summed E-state index contributed by atoms with van der Waals surface area (Å²) < 4.78 is 7.30. The lowest BCUT2D eigenvalue weighted by atomic mass is 10.2. The molecule has 1 atom stereocenters. The van der Waals surface area contributed by atoms with E-state index in [1.165, 1.54) is 0 Å². The number of amides is 1. The van der Waals surface area contributed by atoms with Gasteiger partial charge in [0.25, 0.3) is 5.91 Å². The van der Waals surface area contributed by atoms with E-state index in [4.69, 9.17) is 9.72 Å². The van der Waals surface area contributed by atoms with Gasteiger partial charge in [-0.15, -0.1) is 0 Å². The molecule has 3 rings (SSSR count). The maximum absolute atomic E-state index is 12.7. The Kier molecular flexibility index (Phi) is 8.08. The van der Waals surface area contributed by atoms with Gasteiger partial charge >= 0.3 is 0 Å². The van der Waals surface area contributed by atoms with Crippen LogP contribution >= 0.6 is 0 Å². The van der Waals surface area contributed by atoms with Gasteiger partial charge in [0.15, 0.2) is 5.65 Å². The minimum atomic E-state index is -0.168. The number of fused-ring (bicyclic) bond motifs is 1. The van der Waals surface area contributed by atoms with Crippen molar-refractivity contribution in [3.8, 4) is 11.4 Å². The molecule has 3 aromatic heterocycles. The zero-order chi connectivity index (χ0) is 22.2. The third-order valence-electron chi connectivity index (χ3n) is 5.50. The Labute approximate surface area is 183 Å². The third kappa shape index (κ3) is 5.45. The molecule has 0 aliphatic heterocycles. The Morgan fingerprint density at radius 2 is 2.06 bits per heavy atom. The quantitative estimate of drug-likeness (QED) is 0.509. The van der Waals surface area contributed by atoms with Crippen LogP contribution in [0, 0.1) is 0 Å². The molecule has 8 heteroatoms. The van der Waals surface area contributed by atoms with Crippen LogP contribution in [0.15, 0.2) is 36.8 Å². The maximum Gasteiger partial charge on any atom is 0.253 e. The number of carbonyl (C=O) groups is 1. The van der Waals surface area contributed by atoms with Crippen molar-refractivity contribution in [1.29, 1.82) is 0 Å². The van der Waals surface area contributed by atoms with Crippen LogP contribution in [0.4, 0.5) is 0 Å². The number of nitrogens with zero attached hydrogens (tertiary/aromatic N) is 5. The second-order valence-corrected chi connectivity index (χ2v) is 7.46. The summed E-state index contributed by atoms with van der Waals surface area (Å²) in [5, 5.41) is 3.00. The first-order valence-electron chi connectivity index (χ1n) is 10.9. The highest BCUT2D eigenvalue weighted by molar-refractivity contribution is 5.96. The third-order valence-corrected chi connectivity index (χ3v) is 5.50. The molecule has 8 nitrogen and oxygen atoms in total. The Morgan fingerprint density at radius 3 is 2.71 bits per heavy atom. The lowest BCUT2D eigenvalue weighted by molar-refractivity contribution is 0.0894. The summed E-state index contributed by atoms with van der Waals surface area (Å²) in [5.41, 5.74) is 2.89. The number of hydrogen-bond donors (Lipinski definition) is 1. The molecular weight excluding hydrogens is 392 g/mol. The van der Waals surface area contributed by atoms with Gasteiger partial charge in [0.1, 0.15) is 11.3 Å². The smallest absolute Gasteiger partial charge is 0.253 e. The van der Waals surface area contributed by atoms with Crippen LogP contribution in [0.25, 0.3) is 22.6 Å². The van der Waals surface area contributed by atoms with Crippen LogP contribution in [0.1, 0.15) is 37.6 Å². The summed E-state index contributed by atoms with van der Waals surface area (Å²) in [6, 6.07) is 5.67. The number of aromatic nitrogens is 4. The van der Waals surface area contributed by atoms with E-state index in [-0.39, 0.29) is 11.9 Å².